The van der Waals surface area contributed by atoms with Gasteiger partial charge in [0.2, 0.25) is 0 Å². The SMILES string of the molecule is NCc1cccc2cnncc12. The third kappa shape index (κ3) is 1.04. The van der Waals surface area contributed by atoms with Gasteiger partial charge in [0.05, 0.1) is 12.4 Å². The third-order valence-electron chi connectivity index (χ3n) is 1.90. The minimum Gasteiger partial charge on any atom is -0.326 e. The van der Waals surface area contributed by atoms with E-state index in [1.165, 1.54) is 0 Å². The summed E-state index contributed by atoms with van der Waals surface area (Å²) in [7, 11) is 0. The van der Waals surface area contributed by atoms with E-state index >= 15 is 0 Å². The highest BCUT2D eigenvalue weighted by molar-refractivity contribution is 5.83. The van der Waals surface area contributed by atoms with Gasteiger partial charge in [0, 0.05) is 17.3 Å². The van der Waals surface area contributed by atoms with Crippen molar-refractivity contribution in [2.24, 2.45) is 5.73 Å². The smallest absolute Gasteiger partial charge is 0.0577 e. The average molecular weight is 159 g/mol. The zero-order valence-electron chi connectivity index (χ0n) is 6.57. The molecule has 2 aromatic rings. The van der Waals surface area contributed by atoms with Crippen LogP contribution >= 0.6 is 0 Å². The maximum Gasteiger partial charge on any atom is 0.0577 e. The van der Waals surface area contributed by atoms with Gasteiger partial charge in [-0.05, 0) is 5.56 Å². The van der Waals surface area contributed by atoms with Crippen LogP contribution in [0.1, 0.15) is 5.56 Å². The van der Waals surface area contributed by atoms with Crippen LogP contribution in [-0.2, 0) is 6.54 Å². The molecular formula is C9H9N3. The van der Waals surface area contributed by atoms with Crippen molar-refractivity contribution in [3.05, 3.63) is 36.2 Å². The van der Waals surface area contributed by atoms with Crippen LogP contribution in [-0.4, -0.2) is 10.2 Å². The molecule has 0 atom stereocenters. The third-order valence-corrected chi connectivity index (χ3v) is 1.90. The lowest BCUT2D eigenvalue weighted by Crippen LogP contribution is -1.97. The highest BCUT2D eigenvalue weighted by atomic mass is 15.1. The van der Waals surface area contributed by atoms with E-state index < -0.39 is 0 Å². The summed E-state index contributed by atoms with van der Waals surface area (Å²) in [6, 6.07) is 5.99. The predicted molar refractivity (Wildman–Crippen MR) is 47.4 cm³/mol. The van der Waals surface area contributed by atoms with E-state index in [1.54, 1.807) is 12.4 Å². The molecule has 1 aromatic carbocycles. The summed E-state index contributed by atoms with van der Waals surface area (Å²) in [5, 5.41) is 9.80. The van der Waals surface area contributed by atoms with E-state index in [-0.39, 0.29) is 0 Å². The molecule has 0 radical (unpaired) electrons. The highest BCUT2D eigenvalue weighted by Crippen LogP contribution is 2.15. The van der Waals surface area contributed by atoms with Crippen LogP contribution in [0.5, 0.6) is 0 Å². The van der Waals surface area contributed by atoms with Crippen LogP contribution in [0.4, 0.5) is 0 Å². The maximum absolute atomic E-state index is 5.57. The zero-order valence-corrected chi connectivity index (χ0v) is 6.57. The van der Waals surface area contributed by atoms with E-state index in [0.29, 0.717) is 6.54 Å². The predicted octanol–water partition coefficient (Wildman–Crippen LogP) is 1.09. The van der Waals surface area contributed by atoms with Crippen LogP contribution < -0.4 is 5.73 Å². The monoisotopic (exact) mass is 159 g/mol. The number of nitrogens with two attached hydrogens (primary N) is 1. The van der Waals surface area contributed by atoms with Gasteiger partial charge in [-0.2, -0.15) is 10.2 Å². The van der Waals surface area contributed by atoms with Crippen molar-refractivity contribution in [1.29, 1.82) is 0 Å². The summed E-state index contributed by atoms with van der Waals surface area (Å²) < 4.78 is 0. The van der Waals surface area contributed by atoms with Gasteiger partial charge in [0.1, 0.15) is 0 Å². The van der Waals surface area contributed by atoms with Crippen molar-refractivity contribution in [2.45, 2.75) is 6.54 Å². The molecule has 0 unspecified atom stereocenters. The second-order valence-corrected chi connectivity index (χ2v) is 2.61. The Kier molecular flexibility index (Phi) is 1.72. The zero-order chi connectivity index (χ0) is 8.39. The summed E-state index contributed by atoms with van der Waals surface area (Å²) >= 11 is 0. The largest absolute Gasteiger partial charge is 0.326 e. The number of hydrogen-bond donors (Lipinski definition) is 1. The molecule has 1 aromatic heterocycles. The second-order valence-electron chi connectivity index (χ2n) is 2.61. The quantitative estimate of drug-likeness (QED) is 0.677. The van der Waals surface area contributed by atoms with Crippen molar-refractivity contribution >= 4 is 10.8 Å². The Morgan fingerprint density at radius 3 is 2.83 bits per heavy atom. The molecule has 0 saturated heterocycles. The standard InChI is InChI=1S/C9H9N3/c10-4-7-2-1-3-8-5-11-12-6-9(7)8/h1-3,5-6H,4,10H2. The van der Waals surface area contributed by atoms with Gasteiger partial charge < -0.3 is 5.73 Å². The number of aromatic nitrogens is 2. The van der Waals surface area contributed by atoms with Gasteiger partial charge in [-0.15, -0.1) is 0 Å². The fourth-order valence-corrected chi connectivity index (χ4v) is 1.27. The summed E-state index contributed by atoms with van der Waals surface area (Å²) in [4.78, 5) is 0. The first-order chi connectivity index (χ1) is 5.92. The number of nitrogens with zero attached hydrogens (tertiary/aromatic N) is 2. The van der Waals surface area contributed by atoms with Gasteiger partial charge in [-0.3, -0.25) is 0 Å². The van der Waals surface area contributed by atoms with Crippen LogP contribution in [0.15, 0.2) is 30.6 Å². The lowest BCUT2D eigenvalue weighted by molar-refractivity contribution is 1.04. The van der Waals surface area contributed by atoms with E-state index in [0.717, 1.165) is 16.3 Å². The molecule has 0 saturated carbocycles. The van der Waals surface area contributed by atoms with Crippen molar-refractivity contribution in [3.63, 3.8) is 0 Å². The van der Waals surface area contributed by atoms with E-state index in [2.05, 4.69) is 10.2 Å². The van der Waals surface area contributed by atoms with Crippen molar-refractivity contribution in [1.82, 2.24) is 10.2 Å². The Balaban J connectivity index is 2.79. The van der Waals surface area contributed by atoms with Crippen LogP contribution in [0.2, 0.25) is 0 Å². The molecular weight excluding hydrogens is 150 g/mol. The maximum atomic E-state index is 5.57. The molecule has 12 heavy (non-hydrogen) atoms. The van der Waals surface area contributed by atoms with Gasteiger partial charge in [0.15, 0.2) is 0 Å². The Morgan fingerprint density at radius 2 is 2.00 bits per heavy atom. The lowest BCUT2D eigenvalue weighted by Gasteiger charge is -2.00. The molecule has 1 heterocycles. The molecule has 0 bridgehead atoms. The second kappa shape index (κ2) is 2.87. The van der Waals surface area contributed by atoms with Gasteiger partial charge in [0.25, 0.3) is 0 Å². The molecule has 0 amide bonds. The number of fused-ring (bicyclic) bond motifs is 1. The minimum absolute atomic E-state index is 0.545. The van der Waals surface area contributed by atoms with Gasteiger partial charge in [-0.25, -0.2) is 0 Å². The molecule has 0 spiro atoms. The summed E-state index contributed by atoms with van der Waals surface area (Å²) in [6.07, 6.45) is 3.49. The molecule has 3 nitrogen and oxygen atoms in total. The fraction of sp³-hybridized carbons (Fsp3) is 0.111. The topological polar surface area (TPSA) is 51.8 Å². The van der Waals surface area contributed by atoms with Crippen molar-refractivity contribution < 1.29 is 0 Å². The molecule has 2 rings (SSSR count). The number of hydrogen-bond acceptors (Lipinski definition) is 3. The molecule has 0 fully saturated rings. The van der Waals surface area contributed by atoms with E-state index in [1.807, 2.05) is 18.2 Å². The molecule has 2 N–H and O–H groups in total. The number of rotatable bonds is 1. The Bertz CT molecular complexity index is 392. The minimum atomic E-state index is 0.545. The van der Waals surface area contributed by atoms with E-state index in [4.69, 9.17) is 5.73 Å². The fourth-order valence-electron chi connectivity index (χ4n) is 1.27. The highest BCUT2D eigenvalue weighted by Gasteiger charge is 1.97. The normalized spacial score (nSPS) is 10.4. The molecule has 0 aliphatic heterocycles. The molecule has 3 heteroatoms. The van der Waals surface area contributed by atoms with Crippen LogP contribution in [0.3, 0.4) is 0 Å². The van der Waals surface area contributed by atoms with E-state index in [9.17, 15) is 0 Å². The van der Waals surface area contributed by atoms with Crippen molar-refractivity contribution in [3.8, 4) is 0 Å². The average Bonchev–Trinajstić information content (AvgIpc) is 2.17. The lowest BCUT2D eigenvalue weighted by atomic mass is 10.1. The summed E-state index contributed by atoms with van der Waals surface area (Å²) in [6.45, 7) is 0.545. The Labute approximate surface area is 70.2 Å². The Hall–Kier alpha value is -1.48. The number of benzene rings is 1. The van der Waals surface area contributed by atoms with Crippen molar-refractivity contribution in [2.75, 3.05) is 0 Å². The Morgan fingerprint density at radius 1 is 1.17 bits per heavy atom. The summed E-state index contributed by atoms with van der Waals surface area (Å²) in [5.41, 5.74) is 6.68. The van der Waals surface area contributed by atoms with Gasteiger partial charge in [-0.1, -0.05) is 18.2 Å². The molecule has 60 valence electrons. The summed E-state index contributed by atoms with van der Waals surface area (Å²) in [5.74, 6) is 0. The molecule has 0 aliphatic carbocycles. The first-order valence-corrected chi connectivity index (χ1v) is 3.80. The molecule has 0 aliphatic rings. The van der Waals surface area contributed by atoms with Crippen LogP contribution in [0, 0.1) is 0 Å². The first kappa shape index (κ1) is 7.18. The first-order valence-electron chi connectivity index (χ1n) is 3.80. The van der Waals surface area contributed by atoms with Gasteiger partial charge >= 0.3 is 0 Å². The van der Waals surface area contributed by atoms with Crippen LogP contribution in [0.25, 0.3) is 10.8 Å².